The molecule has 102 valence electrons. The lowest BCUT2D eigenvalue weighted by molar-refractivity contribution is -0.384. The molecule has 2 unspecified atom stereocenters. The summed E-state index contributed by atoms with van der Waals surface area (Å²) in [5.41, 5.74) is -0.238. The van der Waals surface area contributed by atoms with E-state index in [-0.39, 0.29) is 34.8 Å². The second kappa shape index (κ2) is 4.57. The fourth-order valence-electron chi connectivity index (χ4n) is 3.19. The zero-order valence-corrected chi connectivity index (χ0v) is 10.8. The van der Waals surface area contributed by atoms with Gasteiger partial charge in [-0.3, -0.25) is 10.1 Å². The summed E-state index contributed by atoms with van der Waals surface area (Å²) in [6, 6.07) is 0.192. The van der Waals surface area contributed by atoms with Gasteiger partial charge < -0.3 is 10.0 Å². The van der Waals surface area contributed by atoms with Crippen molar-refractivity contribution in [3.8, 4) is 0 Å². The number of hydrogen-bond donors (Lipinski definition) is 1. The molecule has 0 saturated carbocycles. The molecule has 2 bridgehead atoms. The van der Waals surface area contributed by atoms with E-state index in [4.69, 9.17) is 11.6 Å². The summed E-state index contributed by atoms with van der Waals surface area (Å²) in [4.78, 5) is 20.3. The number of aliphatic hydroxyl groups excluding tert-OH is 1. The van der Waals surface area contributed by atoms with Crippen molar-refractivity contribution in [2.45, 2.75) is 43.9 Å². The summed E-state index contributed by atoms with van der Waals surface area (Å²) in [6.07, 6.45) is 3.99. The number of anilines is 1. The molecular formula is C11H13ClN4O3. The Kier molecular flexibility index (Phi) is 3.02. The van der Waals surface area contributed by atoms with Gasteiger partial charge >= 0.3 is 5.69 Å². The summed E-state index contributed by atoms with van der Waals surface area (Å²) in [5, 5.41) is 20.8. The highest BCUT2D eigenvalue weighted by atomic mass is 35.5. The minimum Gasteiger partial charge on any atom is -0.393 e. The van der Waals surface area contributed by atoms with E-state index in [0.29, 0.717) is 12.8 Å². The van der Waals surface area contributed by atoms with Crippen LogP contribution < -0.4 is 4.90 Å². The maximum atomic E-state index is 11.1. The van der Waals surface area contributed by atoms with E-state index in [9.17, 15) is 15.2 Å². The molecule has 0 aliphatic carbocycles. The Bertz CT molecular complexity index is 513. The van der Waals surface area contributed by atoms with Gasteiger partial charge in [-0.25, -0.2) is 9.97 Å². The molecule has 2 atom stereocenters. The summed E-state index contributed by atoms with van der Waals surface area (Å²) < 4.78 is 0. The second-order valence-corrected chi connectivity index (χ2v) is 5.37. The highest BCUT2D eigenvalue weighted by molar-refractivity contribution is 6.31. The van der Waals surface area contributed by atoms with Crippen LogP contribution in [0.25, 0.3) is 0 Å². The summed E-state index contributed by atoms with van der Waals surface area (Å²) >= 11 is 5.82. The van der Waals surface area contributed by atoms with E-state index < -0.39 is 4.92 Å². The normalized spacial score (nSPS) is 29.6. The lowest BCUT2D eigenvalue weighted by Gasteiger charge is -2.37. The fourth-order valence-corrected chi connectivity index (χ4v) is 3.39. The Balaban J connectivity index is 2.04. The molecule has 7 nitrogen and oxygen atoms in total. The third-order valence-electron chi connectivity index (χ3n) is 3.89. The van der Waals surface area contributed by atoms with Crippen molar-refractivity contribution in [3.05, 3.63) is 21.6 Å². The SMILES string of the molecule is O=[N+]([O-])c1c(Cl)ncnc1N1C2CCC1CC(O)C2. The maximum absolute atomic E-state index is 11.1. The van der Waals surface area contributed by atoms with Crippen LogP contribution in [0.2, 0.25) is 5.15 Å². The monoisotopic (exact) mass is 284 g/mol. The van der Waals surface area contributed by atoms with Crippen LogP contribution in [0.4, 0.5) is 11.5 Å². The van der Waals surface area contributed by atoms with Crippen LogP contribution in [0.5, 0.6) is 0 Å². The van der Waals surface area contributed by atoms with Crippen molar-refractivity contribution in [3.63, 3.8) is 0 Å². The van der Waals surface area contributed by atoms with Gasteiger partial charge in [0.1, 0.15) is 6.33 Å². The van der Waals surface area contributed by atoms with E-state index in [1.54, 1.807) is 0 Å². The number of aromatic nitrogens is 2. The molecule has 0 spiro atoms. The van der Waals surface area contributed by atoms with Crippen molar-refractivity contribution in [2.75, 3.05) is 4.90 Å². The van der Waals surface area contributed by atoms with Crippen LogP contribution in [0.3, 0.4) is 0 Å². The smallest absolute Gasteiger partial charge is 0.348 e. The van der Waals surface area contributed by atoms with Crippen LogP contribution in [0, 0.1) is 10.1 Å². The Morgan fingerprint density at radius 3 is 2.58 bits per heavy atom. The summed E-state index contributed by atoms with van der Waals surface area (Å²) in [5.74, 6) is 0.282. The molecule has 0 amide bonds. The van der Waals surface area contributed by atoms with Crippen molar-refractivity contribution in [1.82, 2.24) is 9.97 Å². The lowest BCUT2D eigenvalue weighted by Crippen LogP contribution is -2.45. The standard InChI is InChI=1S/C11H13ClN4O3/c12-10-9(16(18)19)11(14-5-13-10)15-6-1-2-7(15)4-8(17)3-6/h5-8,17H,1-4H2. The minimum absolute atomic E-state index is 0.0958. The van der Waals surface area contributed by atoms with E-state index >= 15 is 0 Å². The number of hydrogen-bond acceptors (Lipinski definition) is 6. The predicted octanol–water partition coefficient (Wildman–Crippen LogP) is 1.53. The van der Waals surface area contributed by atoms with E-state index in [1.807, 2.05) is 4.90 Å². The highest BCUT2D eigenvalue weighted by Crippen LogP contribution is 2.42. The topological polar surface area (TPSA) is 92.4 Å². The van der Waals surface area contributed by atoms with Gasteiger partial charge in [-0.15, -0.1) is 0 Å². The molecule has 2 aliphatic heterocycles. The molecule has 2 aliphatic rings. The van der Waals surface area contributed by atoms with Gasteiger partial charge in [0.2, 0.25) is 11.0 Å². The molecule has 8 heteroatoms. The number of halogens is 1. The van der Waals surface area contributed by atoms with Gasteiger partial charge in [0.05, 0.1) is 11.0 Å². The first-order valence-corrected chi connectivity index (χ1v) is 6.57. The van der Waals surface area contributed by atoms with Crippen LogP contribution in [-0.2, 0) is 0 Å². The Hall–Kier alpha value is -1.47. The van der Waals surface area contributed by atoms with Gasteiger partial charge in [-0.2, -0.15) is 0 Å². The molecule has 2 fully saturated rings. The Labute approximate surface area is 114 Å². The largest absolute Gasteiger partial charge is 0.393 e. The first-order valence-electron chi connectivity index (χ1n) is 6.19. The third-order valence-corrected chi connectivity index (χ3v) is 4.17. The molecular weight excluding hydrogens is 272 g/mol. The number of piperidine rings is 1. The molecule has 0 radical (unpaired) electrons. The molecule has 1 aromatic rings. The van der Waals surface area contributed by atoms with Crippen molar-refractivity contribution in [1.29, 1.82) is 0 Å². The molecule has 3 heterocycles. The zero-order valence-electron chi connectivity index (χ0n) is 10.1. The summed E-state index contributed by atoms with van der Waals surface area (Å²) in [6.45, 7) is 0. The molecule has 0 aromatic carbocycles. The first kappa shape index (κ1) is 12.6. The average Bonchev–Trinajstić information content (AvgIpc) is 2.60. The Morgan fingerprint density at radius 1 is 1.37 bits per heavy atom. The fraction of sp³-hybridized carbons (Fsp3) is 0.636. The van der Waals surface area contributed by atoms with E-state index in [1.165, 1.54) is 6.33 Å². The van der Waals surface area contributed by atoms with Gasteiger partial charge in [-0.05, 0) is 25.7 Å². The number of nitrogens with zero attached hydrogens (tertiary/aromatic N) is 4. The van der Waals surface area contributed by atoms with Gasteiger partial charge in [0.25, 0.3) is 0 Å². The molecule has 3 rings (SSSR count). The molecule has 2 saturated heterocycles. The van der Waals surface area contributed by atoms with E-state index in [2.05, 4.69) is 9.97 Å². The molecule has 1 aromatic heterocycles. The van der Waals surface area contributed by atoms with Crippen LogP contribution in [0.15, 0.2) is 6.33 Å². The molecule has 1 N–H and O–H groups in total. The van der Waals surface area contributed by atoms with Crippen LogP contribution in [-0.4, -0.2) is 38.2 Å². The number of rotatable bonds is 2. The molecule has 19 heavy (non-hydrogen) atoms. The lowest BCUT2D eigenvalue weighted by atomic mass is 10.00. The Morgan fingerprint density at radius 2 is 2.00 bits per heavy atom. The minimum atomic E-state index is -0.540. The van der Waals surface area contributed by atoms with E-state index in [0.717, 1.165) is 12.8 Å². The maximum Gasteiger partial charge on any atom is 0.348 e. The summed E-state index contributed by atoms with van der Waals surface area (Å²) in [7, 11) is 0. The number of aliphatic hydroxyl groups is 1. The van der Waals surface area contributed by atoms with Crippen molar-refractivity contribution < 1.29 is 10.0 Å². The van der Waals surface area contributed by atoms with Crippen LogP contribution >= 0.6 is 11.6 Å². The second-order valence-electron chi connectivity index (χ2n) is 5.01. The zero-order chi connectivity index (χ0) is 13.6. The van der Waals surface area contributed by atoms with Gasteiger partial charge in [0, 0.05) is 12.1 Å². The van der Waals surface area contributed by atoms with Gasteiger partial charge in [0.15, 0.2) is 0 Å². The highest BCUT2D eigenvalue weighted by Gasteiger charge is 2.43. The van der Waals surface area contributed by atoms with Crippen LogP contribution in [0.1, 0.15) is 25.7 Å². The number of nitro groups is 1. The number of fused-ring (bicyclic) bond motifs is 2. The van der Waals surface area contributed by atoms with Crippen molar-refractivity contribution in [2.24, 2.45) is 0 Å². The third kappa shape index (κ3) is 2.02. The quantitative estimate of drug-likeness (QED) is 0.503. The first-order chi connectivity index (χ1) is 9.08. The average molecular weight is 285 g/mol. The van der Waals surface area contributed by atoms with Gasteiger partial charge in [-0.1, -0.05) is 11.6 Å². The predicted molar refractivity (Wildman–Crippen MR) is 68.2 cm³/mol. The van der Waals surface area contributed by atoms with Crippen molar-refractivity contribution >= 4 is 23.1 Å².